The SMILES string of the molecule is O=C(Nc1ccc2c(c1)CNCC2)c1n[nH]c2ccc(-c3cccnc3F)cc12. The molecule has 0 atom stereocenters. The third-order valence-electron chi connectivity index (χ3n) is 5.20. The molecule has 1 aliphatic rings. The molecule has 3 N–H and O–H groups in total. The van der Waals surface area contributed by atoms with Crippen LogP contribution in [0.25, 0.3) is 22.0 Å². The molecule has 0 saturated carbocycles. The van der Waals surface area contributed by atoms with Gasteiger partial charge in [-0.25, -0.2) is 4.98 Å². The number of amides is 1. The monoisotopic (exact) mass is 387 g/mol. The van der Waals surface area contributed by atoms with E-state index in [2.05, 4.69) is 31.9 Å². The maximum absolute atomic E-state index is 14.1. The van der Waals surface area contributed by atoms with Gasteiger partial charge in [0, 0.05) is 29.4 Å². The molecule has 0 unspecified atom stereocenters. The summed E-state index contributed by atoms with van der Waals surface area (Å²) in [7, 11) is 0. The number of hydrogen-bond acceptors (Lipinski definition) is 4. The van der Waals surface area contributed by atoms with Crippen molar-refractivity contribution in [3.8, 4) is 11.1 Å². The lowest BCUT2D eigenvalue weighted by molar-refractivity contribution is 0.102. The highest BCUT2D eigenvalue weighted by Gasteiger charge is 2.17. The number of hydrogen-bond donors (Lipinski definition) is 3. The molecule has 7 heteroatoms. The highest BCUT2D eigenvalue weighted by atomic mass is 19.1. The number of carbonyl (C=O) groups is 1. The molecule has 3 heterocycles. The molecule has 0 spiro atoms. The maximum atomic E-state index is 14.1. The number of H-pyrrole nitrogens is 1. The molecule has 2 aromatic carbocycles. The van der Waals surface area contributed by atoms with Gasteiger partial charge in [0.1, 0.15) is 0 Å². The van der Waals surface area contributed by atoms with E-state index in [1.807, 2.05) is 12.1 Å². The molecule has 2 aromatic heterocycles. The average molecular weight is 387 g/mol. The first-order valence-electron chi connectivity index (χ1n) is 9.42. The van der Waals surface area contributed by atoms with E-state index in [-0.39, 0.29) is 11.6 Å². The van der Waals surface area contributed by atoms with Crippen molar-refractivity contribution >= 4 is 22.5 Å². The lowest BCUT2D eigenvalue weighted by Crippen LogP contribution is -2.23. The Bertz CT molecular complexity index is 1230. The third-order valence-corrected chi connectivity index (χ3v) is 5.20. The Balaban J connectivity index is 1.47. The van der Waals surface area contributed by atoms with Crippen LogP contribution in [0.4, 0.5) is 10.1 Å². The van der Waals surface area contributed by atoms with Gasteiger partial charge >= 0.3 is 0 Å². The standard InChI is InChI=1S/C22H18FN5O/c23-21-17(2-1-8-25-21)14-4-6-19-18(11-14)20(28-27-19)22(29)26-16-5-3-13-7-9-24-12-15(13)10-16/h1-6,8,10-11,24H,7,9,12H2,(H,26,29)(H,27,28). The Hall–Kier alpha value is -3.58. The predicted molar refractivity (Wildman–Crippen MR) is 109 cm³/mol. The molecule has 5 rings (SSSR count). The summed E-state index contributed by atoms with van der Waals surface area (Å²) in [6, 6.07) is 14.6. The summed E-state index contributed by atoms with van der Waals surface area (Å²) in [5.74, 6) is -0.868. The van der Waals surface area contributed by atoms with Crippen molar-refractivity contribution in [3.63, 3.8) is 0 Å². The quantitative estimate of drug-likeness (QED) is 0.469. The van der Waals surface area contributed by atoms with Gasteiger partial charge in [-0.3, -0.25) is 9.89 Å². The fourth-order valence-corrected chi connectivity index (χ4v) is 3.70. The van der Waals surface area contributed by atoms with E-state index in [0.717, 1.165) is 25.2 Å². The molecule has 1 aliphatic heterocycles. The largest absolute Gasteiger partial charge is 0.321 e. The van der Waals surface area contributed by atoms with Gasteiger partial charge in [-0.1, -0.05) is 12.1 Å². The van der Waals surface area contributed by atoms with Gasteiger partial charge in [-0.15, -0.1) is 0 Å². The number of nitrogens with one attached hydrogen (secondary N) is 3. The fraction of sp³-hybridized carbons (Fsp3) is 0.136. The van der Waals surface area contributed by atoms with Gasteiger partial charge in [0.05, 0.1) is 5.52 Å². The first-order chi connectivity index (χ1) is 14.2. The topological polar surface area (TPSA) is 82.7 Å². The summed E-state index contributed by atoms with van der Waals surface area (Å²) in [5, 5.41) is 13.9. The van der Waals surface area contributed by atoms with Crippen LogP contribution < -0.4 is 10.6 Å². The summed E-state index contributed by atoms with van der Waals surface area (Å²) in [6.07, 6.45) is 2.39. The zero-order valence-electron chi connectivity index (χ0n) is 15.5. The Labute approximate surface area is 166 Å². The number of halogens is 1. The number of aromatic amines is 1. The molecular weight excluding hydrogens is 369 g/mol. The van der Waals surface area contributed by atoms with Gasteiger partial charge in [0.2, 0.25) is 5.95 Å². The molecule has 0 saturated heterocycles. The molecule has 4 aromatic rings. The Morgan fingerprint density at radius 1 is 1.10 bits per heavy atom. The summed E-state index contributed by atoms with van der Waals surface area (Å²) >= 11 is 0. The average Bonchev–Trinajstić information content (AvgIpc) is 3.17. The van der Waals surface area contributed by atoms with E-state index in [4.69, 9.17) is 0 Å². The van der Waals surface area contributed by atoms with Crippen molar-refractivity contribution in [1.82, 2.24) is 20.5 Å². The van der Waals surface area contributed by atoms with Crippen molar-refractivity contribution in [2.24, 2.45) is 0 Å². The molecule has 0 bridgehead atoms. The lowest BCUT2D eigenvalue weighted by atomic mass is 10.0. The normalized spacial score (nSPS) is 13.3. The number of benzene rings is 2. The van der Waals surface area contributed by atoms with Gasteiger partial charge in [-0.05, 0) is 66.1 Å². The van der Waals surface area contributed by atoms with Crippen LogP contribution in [0, 0.1) is 5.95 Å². The Morgan fingerprint density at radius 3 is 2.93 bits per heavy atom. The second kappa shape index (κ2) is 7.10. The summed E-state index contributed by atoms with van der Waals surface area (Å²) < 4.78 is 14.1. The van der Waals surface area contributed by atoms with Crippen LogP contribution >= 0.6 is 0 Å². The maximum Gasteiger partial charge on any atom is 0.276 e. The minimum Gasteiger partial charge on any atom is -0.321 e. The van der Waals surface area contributed by atoms with E-state index < -0.39 is 5.95 Å². The van der Waals surface area contributed by atoms with Crippen LogP contribution in [0.2, 0.25) is 0 Å². The number of carbonyl (C=O) groups excluding carboxylic acids is 1. The number of anilines is 1. The second-order valence-corrected chi connectivity index (χ2v) is 7.04. The molecule has 0 aliphatic carbocycles. The van der Waals surface area contributed by atoms with Crippen LogP contribution in [0.1, 0.15) is 21.6 Å². The number of nitrogens with zero attached hydrogens (tertiary/aromatic N) is 2. The van der Waals surface area contributed by atoms with Gasteiger partial charge < -0.3 is 10.6 Å². The number of fused-ring (bicyclic) bond motifs is 2. The number of pyridine rings is 1. The molecule has 1 amide bonds. The number of aromatic nitrogens is 3. The van der Waals surface area contributed by atoms with E-state index >= 15 is 0 Å². The van der Waals surface area contributed by atoms with E-state index in [1.54, 1.807) is 30.3 Å². The van der Waals surface area contributed by atoms with Crippen molar-refractivity contribution in [1.29, 1.82) is 0 Å². The first kappa shape index (κ1) is 17.5. The zero-order valence-corrected chi connectivity index (χ0v) is 15.5. The zero-order chi connectivity index (χ0) is 19.8. The van der Waals surface area contributed by atoms with Gasteiger partial charge in [0.15, 0.2) is 5.69 Å². The van der Waals surface area contributed by atoms with E-state index in [0.29, 0.717) is 22.0 Å². The highest BCUT2D eigenvalue weighted by molar-refractivity contribution is 6.11. The van der Waals surface area contributed by atoms with Crippen LogP contribution in [0.3, 0.4) is 0 Å². The summed E-state index contributed by atoms with van der Waals surface area (Å²) in [5.41, 5.74) is 5.20. The number of rotatable bonds is 3. The predicted octanol–water partition coefficient (Wildman–Crippen LogP) is 3.66. The van der Waals surface area contributed by atoms with Crippen LogP contribution in [-0.2, 0) is 13.0 Å². The third kappa shape index (κ3) is 3.25. The van der Waals surface area contributed by atoms with E-state index in [1.165, 1.54) is 17.3 Å². The summed E-state index contributed by atoms with van der Waals surface area (Å²) in [4.78, 5) is 16.6. The molecule has 0 radical (unpaired) electrons. The van der Waals surface area contributed by atoms with Crippen LogP contribution in [0.15, 0.2) is 54.7 Å². The molecule has 0 fully saturated rings. The van der Waals surface area contributed by atoms with Crippen molar-refractivity contribution in [3.05, 3.63) is 77.5 Å². The van der Waals surface area contributed by atoms with Crippen LogP contribution in [-0.4, -0.2) is 27.6 Å². The van der Waals surface area contributed by atoms with Crippen molar-refractivity contribution in [2.75, 3.05) is 11.9 Å². The van der Waals surface area contributed by atoms with E-state index in [9.17, 15) is 9.18 Å². The molecule has 144 valence electrons. The highest BCUT2D eigenvalue weighted by Crippen LogP contribution is 2.27. The Morgan fingerprint density at radius 2 is 2.03 bits per heavy atom. The summed E-state index contributed by atoms with van der Waals surface area (Å²) in [6.45, 7) is 1.77. The Kier molecular flexibility index (Phi) is 4.29. The van der Waals surface area contributed by atoms with Crippen LogP contribution in [0.5, 0.6) is 0 Å². The molecule has 29 heavy (non-hydrogen) atoms. The smallest absolute Gasteiger partial charge is 0.276 e. The second-order valence-electron chi connectivity index (χ2n) is 7.04. The lowest BCUT2D eigenvalue weighted by Gasteiger charge is -2.18. The van der Waals surface area contributed by atoms with Gasteiger partial charge in [-0.2, -0.15) is 9.49 Å². The van der Waals surface area contributed by atoms with Gasteiger partial charge in [0.25, 0.3) is 5.91 Å². The fourth-order valence-electron chi connectivity index (χ4n) is 3.70. The minimum absolute atomic E-state index is 0.266. The minimum atomic E-state index is -0.552. The van der Waals surface area contributed by atoms with Crippen molar-refractivity contribution in [2.45, 2.75) is 13.0 Å². The first-order valence-corrected chi connectivity index (χ1v) is 9.42. The van der Waals surface area contributed by atoms with Crippen molar-refractivity contribution < 1.29 is 9.18 Å². The molecule has 6 nitrogen and oxygen atoms in total. The molecular formula is C22H18FN5O.